The van der Waals surface area contributed by atoms with Gasteiger partial charge in [0.15, 0.2) is 0 Å². The third kappa shape index (κ3) is 3.91. The average Bonchev–Trinajstić information content (AvgIpc) is 2.47. The van der Waals surface area contributed by atoms with Crippen molar-refractivity contribution in [3.63, 3.8) is 0 Å². The number of rotatable bonds is 6. The van der Waals surface area contributed by atoms with Crippen molar-refractivity contribution in [3.05, 3.63) is 65.0 Å². The number of nitrogens with one attached hydrogen (secondary N) is 1. The first-order chi connectivity index (χ1) is 9.70. The zero-order chi connectivity index (χ0) is 14.4. The number of aryl methyl sites for hydroxylation is 3. The van der Waals surface area contributed by atoms with E-state index in [0.29, 0.717) is 6.04 Å². The van der Waals surface area contributed by atoms with Crippen molar-refractivity contribution in [1.29, 1.82) is 0 Å². The summed E-state index contributed by atoms with van der Waals surface area (Å²) in [6.07, 6.45) is 5.94. The Kier molecular flexibility index (Phi) is 5.31. The van der Waals surface area contributed by atoms with E-state index in [2.05, 4.69) is 55.3 Å². The maximum Gasteiger partial charge on any atom is 0.0323 e. The molecule has 0 saturated heterocycles. The first-order valence-electron chi connectivity index (χ1n) is 7.40. The van der Waals surface area contributed by atoms with Crippen molar-refractivity contribution < 1.29 is 0 Å². The van der Waals surface area contributed by atoms with Gasteiger partial charge in [-0.1, -0.05) is 31.2 Å². The van der Waals surface area contributed by atoms with E-state index in [1.807, 2.05) is 18.5 Å². The second-order valence-electron chi connectivity index (χ2n) is 5.35. The van der Waals surface area contributed by atoms with Crippen LogP contribution >= 0.6 is 0 Å². The zero-order valence-electron chi connectivity index (χ0n) is 12.7. The summed E-state index contributed by atoms with van der Waals surface area (Å²) in [5.41, 5.74) is 5.42. The summed E-state index contributed by atoms with van der Waals surface area (Å²) in [5.74, 6) is 0. The molecule has 0 spiro atoms. The smallest absolute Gasteiger partial charge is 0.0323 e. The fraction of sp³-hybridized carbons (Fsp3) is 0.389. The molecule has 2 aromatic rings. The third-order valence-corrected chi connectivity index (χ3v) is 3.83. The van der Waals surface area contributed by atoms with Gasteiger partial charge in [0.2, 0.25) is 0 Å². The van der Waals surface area contributed by atoms with Gasteiger partial charge in [-0.2, -0.15) is 0 Å². The van der Waals surface area contributed by atoms with Crippen molar-refractivity contribution in [2.75, 3.05) is 6.54 Å². The molecule has 1 N–H and O–H groups in total. The highest BCUT2D eigenvalue weighted by Crippen LogP contribution is 2.21. The molecule has 106 valence electrons. The monoisotopic (exact) mass is 268 g/mol. The molecule has 1 heterocycles. The maximum atomic E-state index is 4.19. The van der Waals surface area contributed by atoms with Gasteiger partial charge in [0.05, 0.1) is 0 Å². The standard InChI is InChI=1S/C18H24N2/c1-4-20-18(10-8-16-6-5-11-19-13-16)17-9-7-14(2)15(3)12-17/h5-7,9,11-13,18,20H,4,8,10H2,1-3H3. The molecule has 20 heavy (non-hydrogen) atoms. The Labute approximate surface area is 122 Å². The molecule has 0 aliphatic heterocycles. The van der Waals surface area contributed by atoms with Crippen molar-refractivity contribution >= 4 is 0 Å². The molecule has 0 radical (unpaired) electrons. The predicted octanol–water partition coefficient (Wildman–Crippen LogP) is 3.98. The summed E-state index contributed by atoms with van der Waals surface area (Å²) < 4.78 is 0. The maximum absolute atomic E-state index is 4.19. The van der Waals surface area contributed by atoms with Gasteiger partial charge >= 0.3 is 0 Å². The van der Waals surface area contributed by atoms with Crippen LogP contribution in [0.2, 0.25) is 0 Å². The highest BCUT2D eigenvalue weighted by atomic mass is 14.9. The molecule has 2 rings (SSSR count). The Morgan fingerprint density at radius 1 is 1.15 bits per heavy atom. The number of aromatic nitrogens is 1. The highest BCUT2D eigenvalue weighted by molar-refractivity contribution is 5.31. The SMILES string of the molecule is CCNC(CCc1cccnc1)c1ccc(C)c(C)c1. The number of nitrogens with zero attached hydrogens (tertiary/aromatic N) is 1. The fourth-order valence-corrected chi connectivity index (χ4v) is 2.47. The molecule has 0 aliphatic rings. The lowest BCUT2D eigenvalue weighted by molar-refractivity contribution is 0.515. The highest BCUT2D eigenvalue weighted by Gasteiger charge is 2.11. The lowest BCUT2D eigenvalue weighted by Gasteiger charge is -2.19. The number of pyridine rings is 1. The van der Waals surface area contributed by atoms with Gasteiger partial charge in [0.25, 0.3) is 0 Å². The molecule has 0 amide bonds. The van der Waals surface area contributed by atoms with Gasteiger partial charge in [-0.3, -0.25) is 4.98 Å². The van der Waals surface area contributed by atoms with Crippen molar-refractivity contribution in [2.24, 2.45) is 0 Å². The minimum atomic E-state index is 0.416. The van der Waals surface area contributed by atoms with Crippen LogP contribution in [0.3, 0.4) is 0 Å². The van der Waals surface area contributed by atoms with E-state index >= 15 is 0 Å². The van der Waals surface area contributed by atoms with Gasteiger partial charge < -0.3 is 5.32 Å². The molecule has 0 fully saturated rings. The molecular weight excluding hydrogens is 244 g/mol. The molecule has 2 heteroatoms. The molecule has 1 aromatic heterocycles. The molecule has 1 atom stereocenters. The molecule has 1 unspecified atom stereocenters. The minimum Gasteiger partial charge on any atom is -0.310 e. The Hall–Kier alpha value is -1.67. The molecule has 0 bridgehead atoms. The third-order valence-electron chi connectivity index (χ3n) is 3.83. The Morgan fingerprint density at radius 3 is 2.65 bits per heavy atom. The summed E-state index contributed by atoms with van der Waals surface area (Å²) in [7, 11) is 0. The van der Waals surface area contributed by atoms with E-state index in [4.69, 9.17) is 0 Å². The van der Waals surface area contributed by atoms with Crippen molar-refractivity contribution in [2.45, 2.75) is 39.7 Å². The Balaban J connectivity index is 2.08. The Morgan fingerprint density at radius 2 is 2.00 bits per heavy atom. The molecule has 2 nitrogen and oxygen atoms in total. The van der Waals surface area contributed by atoms with E-state index < -0.39 is 0 Å². The van der Waals surface area contributed by atoms with E-state index in [9.17, 15) is 0 Å². The average molecular weight is 268 g/mol. The van der Waals surface area contributed by atoms with Crippen LogP contribution in [0.4, 0.5) is 0 Å². The van der Waals surface area contributed by atoms with Gasteiger partial charge in [0, 0.05) is 18.4 Å². The van der Waals surface area contributed by atoms with Crippen LogP contribution in [0, 0.1) is 13.8 Å². The molecule has 0 aliphatic carbocycles. The van der Waals surface area contributed by atoms with E-state index in [0.717, 1.165) is 19.4 Å². The molecular formula is C18H24N2. The van der Waals surface area contributed by atoms with Crippen LogP contribution in [-0.2, 0) is 6.42 Å². The minimum absolute atomic E-state index is 0.416. The number of benzene rings is 1. The summed E-state index contributed by atoms with van der Waals surface area (Å²) >= 11 is 0. The summed E-state index contributed by atoms with van der Waals surface area (Å²) in [6.45, 7) is 7.50. The van der Waals surface area contributed by atoms with Crippen LogP contribution < -0.4 is 5.32 Å². The zero-order valence-corrected chi connectivity index (χ0v) is 12.7. The first-order valence-corrected chi connectivity index (χ1v) is 7.40. The quantitative estimate of drug-likeness (QED) is 0.857. The van der Waals surface area contributed by atoms with Crippen LogP contribution in [-0.4, -0.2) is 11.5 Å². The lowest BCUT2D eigenvalue weighted by Crippen LogP contribution is -2.21. The Bertz CT molecular complexity index is 534. The van der Waals surface area contributed by atoms with Crippen LogP contribution in [0.15, 0.2) is 42.7 Å². The van der Waals surface area contributed by atoms with Crippen molar-refractivity contribution in [1.82, 2.24) is 10.3 Å². The molecule has 1 aromatic carbocycles. The van der Waals surface area contributed by atoms with Gasteiger partial charge in [-0.15, -0.1) is 0 Å². The van der Waals surface area contributed by atoms with Gasteiger partial charge in [-0.25, -0.2) is 0 Å². The predicted molar refractivity (Wildman–Crippen MR) is 84.9 cm³/mol. The summed E-state index contributed by atoms with van der Waals surface area (Å²) in [6, 6.07) is 11.4. The van der Waals surface area contributed by atoms with Gasteiger partial charge in [0.1, 0.15) is 0 Å². The lowest BCUT2D eigenvalue weighted by atomic mass is 9.96. The van der Waals surface area contributed by atoms with Crippen LogP contribution in [0.5, 0.6) is 0 Å². The van der Waals surface area contributed by atoms with Crippen LogP contribution in [0.1, 0.15) is 41.6 Å². The molecule has 0 saturated carbocycles. The number of hydrogen-bond acceptors (Lipinski definition) is 2. The number of hydrogen-bond donors (Lipinski definition) is 1. The van der Waals surface area contributed by atoms with E-state index in [-0.39, 0.29) is 0 Å². The second kappa shape index (κ2) is 7.20. The topological polar surface area (TPSA) is 24.9 Å². The van der Waals surface area contributed by atoms with Crippen molar-refractivity contribution in [3.8, 4) is 0 Å². The summed E-state index contributed by atoms with van der Waals surface area (Å²) in [4.78, 5) is 4.19. The van der Waals surface area contributed by atoms with Gasteiger partial charge in [-0.05, 0) is 61.6 Å². The van der Waals surface area contributed by atoms with E-state index in [1.165, 1.54) is 22.3 Å². The van der Waals surface area contributed by atoms with E-state index in [1.54, 1.807) is 0 Å². The largest absolute Gasteiger partial charge is 0.310 e. The fourth-order valence-electron chi connectivity index (χ4n) is 2.47. The first kappa shape index (κ1) is 14.7. The second-order valence-corrected chi connectivity index (χ2v) is 5.35. The summed E-state index contributed by atoms with van der Waals surface area (Å²) in [5, 5.41) is 3.60. The normalized spacial score (nSPS) is 12.3. The van der Waals surface area contributed by atoms with Crippen LogP contribution in [0.25, 0.3) is 0 Å².